The second-order valence-corrected chi connectivity index (χ2v) is 9.09. The van der Waals surface area contributed by atoms with Gasteiger partial charge in [-0.2, -0.15) is 0 Å². The van der Waals surface area contributed by atoms with Gasteiger partial charge in [-0.25, -0.2) is 0 Å². The molecule has 1 saturated carbocycles. The van der Waals surface area contributed by atoms with E-state index in [1.165, 1.54) is 5.56 Å². The Hall–Kier alpha value is -3.28. The number of carbonyl (C=O) groups is 2. The molecule has 2 fully saturated rings. The Labute approximate surface area is 187 Å². The number of fused-ring (bicyclic) bond motifs is 1. The summed E-state index contributed by atoms with van der Waals surface area (Å²) in [6.45, 7) is 0. The van der Waals surface area contributed by atoms with Gasteiger partial charge < -0.3 is 19.9 Å². The molecule has 2 N–H and O–H groups in total. The van der Waals surface area contributed by atoms with Crippen LogP contribution >= 0.6 is 0 Å². The third-order valence-corrected chi connectivity index (χ3v) is 7.35. The van der Waals surface area contributed by atoms with Gasteiger partial charge in [0.05, 0.1) is 12.6 Å². The first-order valence-corrected chi connectivity index (χ1v) is 11.3. The molecule has 6 nitrogen and oxygen atoms in total. The van der Waals surface area contributed by atoms with Gasteiger partial charge in [0.25, 0.3) is 5.91 Å². The molecule has 3 atom stereocenters. The van der Waals surface area contributed by atoms with Crippen LogP contribution < -0.4 is 15.4 Å². The highest BCUT2D eigenvalue weighted by Gasteiger charge is 2.48. The number of ether oxygens (including phenoxy) is 1. The second kappa shape index (κ2) is 8.01. The first-order valence-electron chi connectivity index (χ1n) is 11.3. The summed E-state index contributed by atoms with van der Waals surface area (Å²) < 4.78 is 7.39. The summed E-state index contributed by atoms with van der Waals surface area (Å²) in [5.41, 5.74) is 2.61. The minimum atomic E-state index is -0.202. The molecule has 6 heteroatoms. The highest BCUT2D eigenvalue weighted by molar-refractivity contribution is 6.00. The molecule has 1 aliphatic carbocycles. The monoisotopic (exact) mass is 431 g/mol. The van der Waals surface area contributed by atoms with Crippen LogP contribution in [0.1, 0.15) is 54.1 Å². The quantitative estimate of drug-likeness (QED) is 0.658. The summed E-state index contributed by atoms with van der Waals surface area (Å²) in [4.78, 5) is 25.4. The number of aromatic nitrogens is 1. The molecule has 1 saturated heterocycles. The summed E-state index contributed by atoms with van der Waals surface area (Å²) in [5, 5.41) is 7.50. The maximum Gasteiger partial charge on any atom is 0.268 e. The molecule has 1 spiro atoms. The van der Waals surface area contributed by atoms with Gasteiger partial charge in [-0.05, 0) is 49.4 Å². The fourth-order valence-electron chi connectivity index (χ4n) is 5.68. The predicted molar refractivity (Wildman–Crippen MR) is 124 cm³/mol. The van der Waals surface area contributed by atoms with Crippen molar-refractivity contribution in [2.24, 2.45) is 7.05 Å². The van der Waals surface area contributed by atoms with Crippen molar-refractivity contribution in [3.05, 3.63) is 65.9 Å². The molecule has 0 bridgehead atoms. The van der Waals surface area contributed by atoms with Crippen LogP contribution in [0.2, 0.25) is 0 Å². The fourth-order valence-corrected chi connectivity index (χ4v) is 5.68. The molecule has 32 heavy (non-hydrogen) atoms. The average Bonchev–Trinajstić information content (AvgIpc) is 3.36. The molecule has 5 rings (SSSR count). The maximum absolute atomic E-state index is 13.3. The number of nitrogens with one attached hydrogen (secondary N) is 2. The second-order valence-electron chi connectivity index (χ2n) is 9.09. The van der Waals surface area contributed by atoms with Crippen LogP contribution in [0.5, 0.6) is 5.75 Å². The van der Waals surface area contributed by atoms with Crippen LogP contribution in [0, 0.1) is 0 Å². The van der Waals surface area contributed by atoms with E-state index in [-0.39, 0.29) is 29.3 Å². The van der Waals surface area contributed by atoms with Crippen molar-refractivity contribution in [2.75, 3.05) is 7.11 Å². The number of carbonyl (C=O) groups excluding carboxylic acids is 2. The Balaban J connectivity index is 1.39. The highest BCUT2D eigenvalue weighted by atomic mass is 16.5. The molecule has 0 radical (unpaired) electrons. The summed E-state index contributed by atoms with van der Waals surface area (Å²) in [5.74, 6) is 1.01. The van der Waals surface area contributed by atoms with Crippen LogP contribution in [0.4, 0.5) is 0 Å². The van der Waals surface area contributed by atoms with Gasteiger partial charge in [-0.3, -0.25) is 9.59 Å². The highest BCUT2D eigenvalue weighted by Crippen LogP contribution is 2.46. The lowest BCUT2D eigenvalue weighted by atomic mass is 9.67. The smallest absolute Gasteiger partial charge is 0.268 e. The summed E-state index contributed by atoms with van der Waals surface area (Å²) >= 11 is 0. The lowest BCUT2D eigenvalue weighted by Crippen LogP contribution is -2.53. The number of nitrogens with zero attached hydrogens (tertiary/aromatic N) is 1. The Morgan fingerprint density at radius 3 is 2.69 bits per heavy atom. The number of hydrogen-bond donors (Lipinski definition) is 2. The number of rotatable bonds is 4. The number of benzene rings is 2. The third-order valence-electron chi connectivity index (χ3n) is 7.35. The molecule has 1 aliphatic heterocycles. The normalized spacial score (nSPS) is 25.1. The zero-order valence-electron chi connectivity index (χ0n) is 18.6. The summed E-state index contributed by atoms with van der Waals surface area (Å²) in [6, 6.07) is 18.2. The fraction of sp³-hybridized carbons (Fsp3) is 0.385. The van der Waals surface area contributed by atoms with E-state index in [1.54, 1.807) is 7.11 Å². The average molecular weight is 432 g/mol. The molecule has 2 aliphatic rings. The molecule has 1 aromatic heterocycles. The third kappa shape index (κ3) is 3.44. The summed E-state index contributed by atoms with van der Waals surface area (Å²) in [6.07, 6.45) is 3.96. The number of aryl methyl sites for hydroxylation is 1. The van der Waals surface area contributed by atoms with Crippen molar-refractivity contribution in [1.29, 1.82) is 0 Å². The van der Waals surface area contributed by atoms with Crippen molar-refractivity contribution >= 4 is 22.7 Å². The minimum absolute atomic E-state index is 0.0516. The number of methoxy groups -OCH3 is 1. The molecular formula is C26H29N3O3. The van der Waals surface area contributed by atoms with Gasteiger partial charge in [0.15, 0.2) is 0 Å². The van der Waals surface area contributed by atoms with Crippen LogP contribution in [0.15, 0.2) is 54.6 Å². The van der Waals surface area contributed by atoms with E-state index in [0.717, 1.165) is 42.3 Å². The number of hydrogen-bond acceptors (Lipinski definition) is 3. The predicted octanol–water partition coefficient (Wildman–Crippen LogP) is 3.90. The first kappa shape index (κ1) is 20.6. The Morgan fingerprint density at radius 1 is 1.16 bits per heavy atom. The van der Waals surface area contributed by atoms with Crippen LogP contribution in [0.25, 0.3) is 10.9 Å². The van der Waals surface area contributed by atoms with Gasteiger partial charge in [0.2, 0.25) is 5.91 Å². The van der Waals surface area contributed by atoms with E-state index < -0.39 is 0 Å². The van der Waals surface area contributed by atoms with E-state index in [9.17, 15) is 9.59 Å². The SMILES string of the molecule is COc1cccc2c1cc(C(=O)N[C@H]1CC[C@]3(CCC(=O)N3)[C@@H](c3ccccc3)C1)n2C. The largest absolute Gasteiger partial charge is 0.496 e. The van der Waals surface area contributed by atoms with Crippen LogP contribution in [-0.4, -0.2) is 35.1 Å². The molecule has 2 aromatic carbocycles. The van der Waals surface area contributed by atoms with Gasteiger partial charge in [-0.15, -0.1) is 0 Å². The number of amides is 2. The van der Waals surface area contributed by atoms with Gasteiger partial charge in [0.1, 0.15) is 11.4 Å². The van der Waals surface area contributed by atoms with Gasteiger partial charge in [0, 0.05) is 36.4 Å². The summed E-state index contributed by atoms with van der Waals surface area (Å²) in [7, 11) is 3.55. The lowest BCUT2D eigenvalue weighted by Gasteiger charge is -2.45. The van der Waals surface area contributed by atoms with Crippen LogP contribution in [-0.2, 0) is 11.8 Å². The minimum Gasteiger partial charge on any atom is -0.496 e. The molecule has 0 unspecified atom stereocenters. The lowest BCUT2D eigenvalue weighted by molar-refractivity contribution is -0.120. The molecule has 3 aromatic rings. The van der Waals surface area contributed by atoms with E-state index in [1.807, 2.05) is 54.1 Å². The van der Waals surface area contributed by atoms with Crippen molar-refractivity contribution in [3.8, 4) is 5.75 Å². The van der Waals surface area contributed by atoms with Crippen molar-refractivity contribution in [3.63, 3.8) is 0 Å². The standard InChI is InChI=1S/C26H29N3O3/c1-29-21-9-6-10-23(32-2)19(21)16-22(29)25(31)27-18-11-13-26(14-12-24(30)28-26)20(15-18)17-7-4-3-5-8-17/h3-10,16,18,20H,11-15H2,1-2H3,(H,27,31)(H,28,30)/t18-,20+,26-/m0/s1. The van der Waals surface area contributed by atoms with Crippen molar-refractivity contribution in [1.82, 2.24) is 15.2 Å². The zero-order chi connectivity index (χ0) is 22.3. The van der Waals surface area contributed by atoms with Crippen molar-refractivity contribution in [2.45, 2.75) is 49.6 Å². The molecule has 166 valence electrons. The van der Waals surface area contributed by atoms with E-state index >= 15 is 0 Å². The van der Waals surface area contributed by atoms with Gasteiger partial charge >= 0.3 is 0 Å². The van der Waals surface area contributed by atoms with E-state index in [4.69, 9.17) is 4.74 Å². The Morgan fingerprint density at radius 2 is 1.97 bits per heavy atom. The van der Waals surface area contributed by atoms with Crippen molar-refractivity contribution < 1.29 is 14.3 Å². The molecule has 2 heterocycles. The molecular weight excluding hydrogens is 402 g/mol. The van der Waals surface area contributed by atoms with Gasteiger partial charge in [-0.1, -0.05) is 36.4 Å². The van der Waals surface area contributed by atoms with Crippen LogP contribution in [0.3, 0.4) is 0 Å². The molecule has 2 amide bonds. The Bertz CT molecular complexity index is 1170. The topological polar surface area (TPSA) is 72.4 Å². The zero-order valence-corrected chi connectivity index (χ0v) is 18.6. The van der Waals surface area contributed by atoms with E-state index in [0.29, 0.717) is 12.1 Å². The van der Waals surface area contributed by atoms with E-state index in [2.05, 4.69) is 22.8 Å². The maximum atomic E-state index is 13.3. The Kier molecular flexibility index (Phi) is 5.16. The first-order chi connectivity index (χ1) is 15.5.